The molecule has 138 valence electrons. The first-order valence-corrected chi connectivity index (χ1v) is 7.58. The fourth-order valence-electron chi connectivity index (χ4n) is 2.71. The van der Waals surface area contributed by atoms with Crippen molar-refractivity contribution in [3.05, 3.63) is 35.1 Å². The minimum absolute atomic E-state index is 0.215. The first-order chi connectivity index (χ1) is 11.6. The molecular formula is C16H18F4N2O3. The van der Waals surface area contributed by atoms with Crippen LogP contribution in [0.15, 0.2) is 18.2 Å². The van der Waals surface area contributed by atoms with Gasteiger partial charge in [0, 0.05) is 20.2 Å². The largest absolute Gasteiger partial charge is 0.416 e. The highest BCUT2D eigenvalue weighted by molar-refractivity contribution is 5.94. The Hall–Kier alpha value is -2.16. The highest BCUT2D eigenvalue weighted by Crippen LogP contribution is 2.33. The van der Waals surface area contributed by atoms with Gasteiger partial charge in [-0.1, -0.05) is 0 Å². The van der Waals surface area contributed by atoms with Gasteiger partial charge in [0.25, 0.3) is 0 Å². The van der Waals surface area contributed by atoms with E-state index in [0.29, 0.717) is 12.1 Å². The van der Waals surface area contributed by atoms with Crippen molar-refractivity contribution >= 4 is 11.8 Å². The number of ether oxygens (including phenoxy) is 1. The second-order valence-electron chi connectivity index (χ2n) is 5.75. The maximum atomic E-state index is 13.4. The number of carbonyl (C=O) groups excluding carboxylic acids is 2. The highest BCUT2D eigenvalue weighted by atomic mass is 19.4. The molecule has 1 aromatic rings. The van der Waals surface area contributed by atoms with E-state index in [4.69, 9.17) is 4.74 Å². The Bertz CT molecular complexity index is 663. The van der Waals surface area contributed by atoms with Gasteiger partial charge in [0.15, 0.2) is 0 Å². The van der Waals surface area contributed by atoms with Crippen molar-refractivity contribution in [2.45, 2.75) is 25.7 Å². The maximum Gasteiger partial charge on any atom is 0.416 e. The fourth-order valence-corrected chi connectivity index (χ4v) is 2.71. The van der Waals surface area contributed by atoms with E-state index in [-0.39, 0.29) is 31.2 Å². The number of halogens is 4. The summed E-state index contributed by atoms with van der Waals surface area (Å²) in [6.07, 6.45) is -4.68. The van der Waals surface area contributed by atoms with Crippen LogP contribution in [0.3, 0.4) is 0 Å². The Labute approximate surface area is 142 Å². The Morgan fingerprint density at radius 2 is 1.96 bits per heavy atom. The highest BCUT2D eigenvalue weighted by Gasteiger charge is 2.39. The molecule has 0 bridgehead atoms. The van der Waals surface area contributed by atoms with Crippen LogP contribution in [0, 0.1) is 5.82 Å². The number of piperazine rings is 1. The summed E-state index contributed by atoms with van der Waals surface area (Å²) in [5, 5.41) is 0. The van der Waals surface area contributed by atoms with E-state index in [9.17, 15) is 27.2 Å². The van der Waals surface area contributed by atoms with Crippen molar-refractivity contribution in [3.8, 4) is 0 Å². The van der Waals surface area contributed by atoms with Crippen LogP contribution in [0.4, 0.5) is 17.6 Å². The molecule has 1 saturated heterocycles. The van der Waals surface area contributed by atoms with Gasteiger partial charge in [0.05, 0.1) is 18.7 Å². The van der Waals surface area contributed by atoms with Gasteiger partial charge >= 0.3 is 6.18 Å². The molecule has 1 aliphatic heterocycles. The number of hydrogen-bond acceptors (Lipinski definition) is 3. The zero-order chi connectivity index (χ0) is 18.8. The summed E-state index contributed by atoms with van der Waals surface area (Å²) in [4.78, 5) is 26.9. The van der Waals surface area contributed by atoms with E-state index in [0.717, 1.165) is 11.0 Å². The fraction of sp³-hybridized carbons (Fsp3) is 0.500. The van der Waals surface area contributed by atoms with E-state index in [2.05, 4.69) is 0 Å². The van der Waals surface area contributed by atoms with Gasteiger partial charge in [-0.25, -0.2) is 4.39 Å². The SMILES string of the molecule is COCCN1CC(=O)N(Cc2cc(F)ccc2C(F)(F)F)[C@@H](C)C1=O. The van der Waals surface area contributed by atoms with E-state index in [1.54, 1.807) is 0 Å². The zero-order valence-electron chi connectivity index (χ0n) is 13.8. The summed E-state index contributed by atoms with van der Waals surface area (Å²) in [5.41, 5.74) is -1.41. The second kappa shape index (κ2) is 7.38. The lowest BCUT2D eigenvalue weighted by Gasteiger charge is -2.39. The Morgan fingerprint density at radius 1 is 1.28 bits per heavy atom. The van der Waals surface area contributed by atoms with Crippen molar-refractivity contribution < 1.29 is 31.9 Å². The third kappa shape index (κ3) is 4.28. The molecule has 1 heterocycles. The van der Waals surface area contributed by atoms with Crippen LogP contribution in [0.2, 0.25) is 0 Å². The molecular weight excluding hydrogens is 344 g/mol. The Balaban J connectivity index is 2.25. The average molecular weight is 362 g/mol. The molecule has 2 rings (SSSR count). The number of nitrogens with zero attached hydrogens (tertiary/aromatic N) is 2. The molecule has 0 saturated carbocycles. The molecule has 1 aliphatic rings. The van der Waals surface area contributed by atoms with Crippen molar-refractivity contribution in [1.29, 1.82) is 0 Å². The van der Waals surface area contributed by atoms with E-state index in [1.165, 1.54) is 18.9 Å². The molecule has 2 amide bonds. The van der Waals surface area contributed by atoms with Crippen molar-refractivity contribution in [2.75, 3.05) is 26.8 Å². The summed E-state index contributed by atoms with van der Waals surface area (Å²) in [6, 6.07) is 1.15. The number of rotatable bonds is 5. The topological polar surface area (TPSA) is 49.9 Å². The number of amides is 2. The van der Waals surface area contributed by atoms with Crippen molar-refractivity contribution in [2.24, 2.45) is 0 Å². The molecule has 1 fully saturated rings. The smallest absolute Gasteiger partial charge is 0.383 e. The summed E-state index contributed by atoms with van der Waals surface area (Å²) in [6.45, 7) is 1.16. The molecule has 0 radical (unpaired) electrons. The molecule has 9 heteroatoms. The standard InChI is InChI=1S/C16H18F4N2O3/c1-10-15(24)21(5-6-25-2)9-14(23)22(10)8-11-7-12(17)3-4-13(11)16(18,19)20/h3-4,7,10H,5-6,8-9H2,1-2H3/t10-/m0/s1. The van der Waals surface area contributed by atoms with E-state index < -0.39 is 36.1 Å². The normalized spacial score (nSPS) is 18.9. The Morgan fingerprint density at radius 3 is 2.56 bits per heavy atom. The number of carbonyl (C=O) groups is 2. The van der Waals surface area contributed by atoms with Gasteiger partial charge in [-0.3, -0.25) is 9.59 Å². The van der Waals surface area contributed by atoms with Gasteiger partial charge in [0.1, 0.15) is 11.9 Å². The van der Waals surface area contributed by atoms with Crippen LogP contribution >= 0.6 is 0 Å². The predicted octanol–water partition coefficient (Wildman–Crippen LogP) is 2.05. The minimum atomic E-state index is -4.68. The number of methoxy groups -OCH3 is 1. The van der Waals surface area contributed by atoms with Crippen LogP contribution in [0.25, 0.3) is 0 Å². The summed E-state index contributed by atoms with van der Waals surface area (Å²) < 4.78 is 57.5. The second-order valence-corrected chi connectivity index (χ2v) is 5.75. The molecule has 0 aromatic heterocycles. The summed E-state index contributed by atoms with van der Waals surface area (Å²) in [5.74, 6) is -1.73. The van der Waals surface area contributed by atoms with Gasteiger partial charge in [0.2, 0.25) is 11.8 Å². The lowest BCUT2D eigenvalue weighted by Crippen LogP contribution is -2.58. The molecule has 5 nitrogen and oxygen atoms in total. The number of hydrogen-bond donors (Lipinski definition) is 0. The van der Waals surface area contributed by atoms with Crippen LogP contribution in [-0.4, -0.2) is 54.5 Å². The quantitative estimate of drug-likeness (QED) is 0.754. The van der Waals surface area contributed by atoms with Gasteiger partial charge in [-0.05, 0) is 30.7 Å². The van der Waals surface area contributed by atoms with Crippen LogP contribution in [-0.2, 0) is 27.0 Å². The molecule has 1 aromatic carbocycles. The molecule has 0 unspecified atom stereocenters. The van der Waals surface area contributed by atoms with Crippen molar-refractivity contribution in [1.82, 2.24) is 9.80 Å². The Kier molecular flexibility index (Phi) is 5.66. The minimum Gasteiger partial charge on any atom is -0.383 e. The van der Waals surface area contributed by atoms with Gasteiger partial charge in [-0.15, -0.1) is 0 Å². The summed E-state index contributed by atoms with van der Waals surface area (Å²) >= 11 is 0. The van der Waals surface area contributed by atoms with Gasteiger partial charge < -0.3 is 14.5 Å². The third-order valence-corrected chi connectivity index (χ3v) is 4.06. The first-order valence-electron chi connectivity index (χ1n) is 7.58. The molecule has 0 spiro atoms. The monoisotopic (exact) mass is 362 g/mol. The lowest BCUT2D eigenvalue weighted by molar-refractivity contribution is -0.156. The van der Waals surface area contributed by atoms with Gasteiger partial charge in [-0.2, -0.15) is 13.2 Å². The zero-order valence-corrected chi connectivity index (χ0v) is 13.8. The van der Waals surface area contributed by atoms with Crippen molar-refractivity contribution in [3.63, 3.8) is 0 Å². The first kappa shape index (κ1) is 19.2. The van der Waals surface area contributed by atoms with Crippen LogP contribution < -0.4 is 0 Å². The maximum absolute atomic E-state index is 13.4. The van der Waals surface area contributed by atoms with Crippen LogP contribution in [0.5, 0.6) is 0 Å². The molecule has 0 N–H and O–H groups in total. The lowest BCUT2D eigenvalue weighted by atomic mass is 10.0. The van der Waals surface area contributed by atoms with Crippen LogP contribution in [0.1, 0.15) is 18.1 Å². The number of benzene rings is 1. The number of alkyl halides is 3. The molecule has 1 atom stereocenters. The summed E-state index contributed by atoms with van der Waals surface area (Å²) in [7, 11) is 1.45. The molecule has 25 heavy (non-hydrogen) atoms. The van der Waals surface area contributed by atoms with E-state index >= 15 is 0 Å². The molecule has 0 aliphatic carbocycles. The third-order valence-electron chi connectivity index (χ3n) is 4.06. The van der Waals surface area contributed by atoms with E-state index in [1.807, 2.05) is 0 Å². The average Bonchev–Trinajstić information content (AvgIpc) is 2.52. The predicted molar refractivity (Wildman–Crippen MR) is 79.9 cm³/mol.